The molecule has 0 unspecified atom stereocenters. The number of benzene rings is 1. The molecule has 0 aliphatic rings. The molecule has 1 aromatic carbocycles. The summed E-state index contributed by atoms with van der Waals surface area (Å²) in [5.74, 6) is 0.881. The highest BCUT2D eigenvalue weighted by molar-refractivity contribution is 5.80. The van der Waals surface area contributed by atoms with E-state index in [-0.39, 0.29) is 5.91 Å². The molecule has 0 fully saturated rings. The maximum atomic E-state index is 11.6. The third kappa shape index (κ3) is 3.24. The molecule has 0 radical (unpaired) electrons. The number of carbonyl (C=O) groups excluding carboxylic acids is 1. The second-order valence-corrected chi connectivity index (χ2v) is 4.39. The Labute approximate surface area is 112 Å². The molecule has 0 spiro atoms. The first-order chi connectivity index (χ1) is 9.24. The van der Waals surface area contributed by atoms with E-state index < -0.39 is 0 Å². The van der Waals surface area contributed by atoms with Crippen molar-refractivity contribution in [3.63, 3.8) is 0 Å². The molecule has 1 amide bonds. The van der Waals surface area contributed by atoms with E-state index in [4.69, 9.17) is 4.74 Å². The number of hydrogen-bond donors (Lipinski definition) is 1. The predicted molar refractivity (Wildman–Crippen MR) is 74.2 cm³/mol. The minimum absolute atomic E-state index is 0.0685. The zero-order valence-corrected chi connectivity index (χ0v) is 11.3. The Hall–Kier alpha value is -2.04. The third-order valence-corrected chi connectivity index (χ3v) is 2.97. The minimum Gasteiger partial charge on any atom is -0.497 e. The van der Waals surface area contributed by atoms with Crippen molar-refractivity contribution in [1.29, 1.82) is 0 Å². The molecule has 0 atom stereocenters. The van der Waals surface area contributed by atoms with E-state index in [1.165, 1.54) is 0 Å². The van der Waals surface area contributed by atoms with Gasteiger partial charge in [-0.1, -0.05) is 6.92 Å². The van der Waals surface area contributed by atoms with Gasteiger partial charge in [0.1, 0.15) is 5.75 Å². The van der Waals surface area contributed by atoms with E-state index in [0.29, 0.717) is 13.0 Å². The highest BCUT2D eigenvalue weighted by Crippen LogP contribution is 2.20. The summed E-state index contributed by atoms with van der Waals surface area (Å²) in [5, 5.41) is 8.19. The van der Waals surface area contributed by atoms with Crippen LogP contribution in [0.5, 0.6) is 5.75 Å². The number of rotatable bonds is 6. The first kappa shape index (κ1) is 13.4. The van der Waals surface area contributed by atoms with Crippen LogP contribution in [0, 0.1) is 0 Å². The molecule has 0 bridgehead atoms. The lowest BCUT2D eigenvalue weighted by atomic mass is 10.2. The Bertz CT molecular complexity index is 563. The van der Waals surface area contributed by atoms with E-state index in [1.54, 1.807) is 13.3 Å². The van der Waals surface area contributed by atoms with E-state index in [2.05, 4.69) is 10.4 Å². The summed E-state index contributed by atoms with van der Waals surface area (Å²) >= 11 is 0. The topological polar surface area (TPSA) is 56.2 Å². The van der Waals surface area contributed by atoms with Crippen LogP contribution in [0.2, 0.25) is 0 Å². The van der Waals surface area contributed by atoms with Gasteiger partial charge in [0.05, 0.1) is 25.4 Å². The fourth-order valence-corrected chi connectivity index (χ4v) is 1.93. The van der Waals surface area contributed by atoms with Gasteiger partial charge in [-0.25, -0.2) is 0 Å². The van der Waals surface area contributed by atoms with E-state index in [1.807, 2.05) is 29.8 Å². The molecule has 0 aliphatic carbocycles. The lowest BCUT2D eigenvalue weighted by Crippen LogP contribution is -2.25. The van der Waals surface area contributed by atoms with Crippen LogP contribution in [0.4, 0.5) is 0 Å². The van der Waals surface area contributed by atoms with Crippen LogP contribution in [0.25, 0.3) is 10.9 Å². The maximum Gasteiger partial charge on any atom is 0.221 e. The van der Waals surface area contributed by atoms with Gasteiger partial charge in [0, 0.05) is 18.4 Å². The van der Waals surface area contributed by atoms with Crippen LogP contribution in [0.3, 0.4) is 0 Å². The molecule has 102 valence electrons. The number of fused-ring (bicyclic) bond motifs is 1. The summed E-state index contributed by atoms with van der Waals surface area (Å²) in [4.78, 5) is 11.6. The fourth-order valence-electron chi connectivity index (χ4n) is 1.93. The second-order valence-electron chi connectivity index (χ2n) is 4.39. The maximum absolute atomic E-state index is 11.6. The Kier molecular flexibility index (Phi) is 4.39. The quantitative estimate of drug-likeness (QED) is 0.864. The second kappa shape index (κ2) is 6.22. The Morgan fingerprint density at radius 2 is 2.32 bits per heavy atom. The number of methoxy groups -OCH3 is 1. The predicted octanol–water partition coefficient (Wildman–Crippen LogP) is 1.96. The number of carbonyl (C=O) groups is 1. The molecule has 1 N–H and O–H groups in total. The molecule has 2 rings (SSSR count). The minimum atomic E-state index is 0.0685. The van der Waals surface area contributed by atoms with Crippen LogP contribution in [-0.4, -0.2) is 29.3 Å². The molecular weight excluding hydrogens is 242 g/mol. The van der Waals surface area contributed by atoms with E-state index in [0.717, 1.165) is 29.6 Å². The van der Waals surface area contributed by atoms with Crippen LogP contribution in [0.1, 0.15) is 19.8 Å². The number of amides is 1. The van der Waals surface area contributed by atoms with Crippen molar-refractivity contribution in [2.24, 2.45) is 0 Å². The molecule has 19 heavy (non-hydrogen) atoms. The Morgan fingerprint density at radius 1 is 1.47 bits per heavy atom. The van der Waals surface area contributed by atoms with Gasteiger partial charge in [-0.15, -0.1) is 0 Å². The number of ether oxygens (including phenoxy) is 1. The largest absolute Gasteiger partial charge is 0.497 e. The highest BCUT2D eigenvalue weighted by atomic mass is 16.5. The van der Waals surface area contributed by atoms with Crippen molar-refractivity contribution in [2.45, 2.75) is 26.3 Å². The van der Waals surface area contributed by atoms with Gasteiger partial charge in [-0.3, -0.25) is 9.48 Å². The number of hydrogen-bond acceptors (Lipinski definition) is 3. The lowest BCUT2D eigenvalue weighted by Gasteiger charge is -2.05. The molecule has 0 aliphatic heterocycles. The zero-order valence-electron chi connectivity index (χ0n) is 11.3. The first-order valence-electron chi connectivity index (χ1n) is 6.51. The smallest absolute Gasteiger partial charge is 0.221 e. The van der Waals surface area contributed by atoms with Crippen LogP contribution >= 0.6 is 0 Å². The number of aromatic nitrogens is 2. The summed E-state index contributed by atoms with van der Waals surface area (Å²) in [6.07, 6.45) is 3.20. The fraction of sp³-hybridized carbons (Fsp3) is 0.429. The molecule has 2 aromatic rings. The van der Waals surface area contributed by atoms with Crippen LogP contribution in [0.15, 0.2) is 24.4 Å². The molecule has 5 nitrogen and oxygen atoms in total. The number of nitrogens with one attached hydrogen (secondary N) is 1. The van der Waals surface area contributed by atoms with Crippen molar-refractivity contribution in [3.05, 3.63) is 24.4 Å². The van der Waals surface area contributed by atoms with Gasteiger partial charge in [-0.05, 0) is 24.6 Å². The Balaban J connectivity index is 2.03. The van der Waals surface area contributed by atoms with Gasteiger partial charge < -0.3 is 10.1 Å². The van der Waals surface area contributed by atoms with Crippen molar-refractivity contribution < 1.29 is 9.53 Å². The number of aryl methyl sites for hydroxylation is 1. The molecule has 5 heteroatoms. The molecular formula is C14H19N3O2. The van der Waals surface area contributed by atoms with Gasteiger partial charge in [-0.2, -0.15) is 5.10 Å². The molecule has 0 saturated heterocycles. The SMILES string of the molecule is CCCNC(=O)CCn1ncc2cc(OC)ccc21. The monoisotopic (exact) mass is 261 g/mol. The normalized spacial score (nSPS) is 10.6. The molecule has 0 saturated carbocycles. The third-order valence-electron chi connectivity index (χ3n) is 2.97. The number of nitrogens with zero attached hydrogens (tertiary/aromatic N) is 2. The van der Waals surface area contributed by atoms with Crippen LogP contribution in [-0.2, 0) is 11.3 Å². The van der Waals surface area contributed by atoms with Crippen molar-refractivity contribution in [3.8, 4) is 5.75 Å². The summed E-state index contributed by atoms with van der Waals surface area (Å²) in [7, 11) is 1.64. The van der Waals surface area contributed by atoms with Crippen molar-refractivity contribution >= 4 is 16.8 Å². The van der Waals surface area contributed by atoms with Crippen LogP contribution < -0.4 is 10.1 Å². The van der Waals surface area contributed by atoms with E-state index >= 15 is 0 Å². The van der Waals surface area contributed by atoms with Gasteiger partial charge >= 0.3 is 0 Å². The first-order valence-corrected chi connectivity index (χ1v) is 6.51. The molecule has 1 aromatic heterocycles. The summed E-state index contributed by atoms with van der Waals surface area (Å²) in [6, 6.07) is 5.80. The van der Waals surface area contributed by atoms with Gasteiger partial charge in [0.15, 0.2) is 0 Å². The standard InChI is InChI=1S/C14H19N3O2/c1-3-7-15-14(18)6-8-17-13-5-4-12(19-2)9-11(13)10-16-17/h4-5,9-10H,3,6-8H2,1-2H3,(H,15,18). The summed E-state index contributed by atoms with van der Waals surface area (Å²) < 4.78 is 7.02. The average molecular weight is 261 g/mol. The summed E-state index contributed by atoms with van der Waals surface area (Å²) in [6.45, 7) is 3.36. The van der Waals surface area contributed by atoms with E-state index in [9.17, 15) is 4.79 Å². The zero-order chi connectivity index (χ0) is 13.7. The van der Waals surface area contributed by atoms with Gasteiger partial charge in [0.2, 0.25) is 5.91 Å². The molecule has 1 heterocycles. The summed E-state index contributed by atoms with van der Waals surface area (Å²) in [5.41, 5.74) is 1.02. The van der Waals surface area contributed by atoms with Crippen molar-refractivity contribution in [2.75, 3.05) is 13.7 Å². The van der Waals surface area contributed by atoms with Gasteiger partial charge in [0.25, 0.3) is 0 Å². The average Bonchev–Trinajstić information content (AvgIpc) is 2.84. The Morgan fingerprint density at radius 3 is 3.05 bits per heavy atom. The lowest BCUT2D eigenvalue weighted by molar-refractivity contribution is -0.121. The van der Waals surface area contributed by atoms with Crippen molar-refractivity contribution in [1.82, 2.24) is 15.1 Å². The highest BCUT2D eigenvalue weighted by Gasteiger charge is 2.06.